The number of nitrogens with one attached hydrogen (secondary N) is 1. The van der Waals surface area contributed by atoms with Gasteiger partial charge in [0.2, 0.25) is 0 Å². The molecular weight excluding hydrogens is 290 g/mol. The van der Waals surface area contributed by atoms with E-state index in [0.717, 1.165) is 25.6 Å². The summed E-state index contributed by atoms with van der Waals surface area (Å²) < 4.78 is 27.2. The van der Waals surface area contributed by atoms with Crippen LogP contribution in [0, 0.1) is 5.41 Å². The highest BCUT2D eigenvalue weighted by Crippen LogP contribution is 2.28. The van der Waals surface area contributed by atoms with E-state index in [2.05, 4.69) is 36.0 Å². The molecule has 7 heteroatoms. The van der Waals surface area contributed by atoms with Crippen molar-refractivity contribution in [1.82, 2.24) is 10.2 Å². The fourth-order valence-corrected chi connectivity index (χ4v) is 2.67. The summed E-state index contributed by atoms with van der Waals surface area (Å²) in [6.07, 6.45) is 2.38. The summed E-state index contributed by atoms with van der Waals surface area (Å²) in [6.45, 7) is 10.7. The van der Waals surface area contributed by atoms with Crippen LogP contribution in [-0.4, -0.2) is 70.7 Å². The predicted molar refractivity (Wildman–Crippen MR) is 86.5 cm³/mol. The van der Waals surface area contributed by atoms with Gasteiger partial charge in [-0.05, 0) is 18.8 Å². The van der Waals surface area contributed by atoms with Crippen LogP contribution in [0.2, 0.25) is 0 Å². The Labute approximate surface area is 128 Å². The monoisotopic (exact) mass is 319 g/mol. The van der Waals surface area contributed by atoms with Crippen LogP contribution in [-0.2, 0) is 14.6 Å². The summed E-state index contributed by atoms with van der Waals surface area (Å²) in [4.78, 5) is 6.83. The van der Waals surface area contributed by atoms with Crippen LogP contribution >= 0.6 is 0 Å². The normalized spacial score (nSPS) is 19.0. The quantitative estimate of drug-likeness (QED) is 0.426. The molecule has 124 valence electrons. The Bertz CT molecular complexity index is 446. The molecule has 0 aromatic heterocycles. The lowest BCUT2D eigenvalue weighted by Crippen LogP contribution is -2.41. The molecule has 0 bridgehead atoms. The summed E-state index contributed by atoms with van der Waals surface area (Å²) in [5.41, 5.74) is 0.335. The molecule has 1 heterocycles. The van der Waals surface area contributed by atoms with Crippen molar-refractivity contribution in [2.45, 2.75) is 27.2 Å². The average Bonchev–Trinajstić information content (AvgIpc) is 2.71. The minimum atomic E-state index is -2.94. The van der Waals surface area contributed by atoms with Crippen molar-refractivity contribution in [2.75, 3.05) is 51.4 Å². The van der Waals surface area contributed by atoms with Gasteiger partial charge in [0, 0.05) is 25.9 Å². The second-order valence-electron chi connectivity index (χ2n) is 6.31. The number of aliphatic imine (C=N–C) groups is 1. The van der Waals surface area contributed by atoms with Crippen molar-refractivity contribution in [3.05, 3.63) is 0 Å². The standard InChI is InChI=1S/C14H29N3O3S/c1-5-15-13(17-8-6-14(2,3)12-17)16-7-9-20-10-11-21(4,18)19/h5-12H2,1-4H3,(H,15,16). The lowest BCUT2D eigenvalue weighted by atomic mass is 9.93. The minimum Gasteiger partial charge on any atom is -0.378 e. The van der Waals surface area contributed by atoms with Crippen LogP contribution in [0.3, 0.4) is 0 Å². The third-order valence-electron chi connectivity index (χ3n) is 3.41. The van der Waals surface area contributed by atoms with Gasteiger partial charge in [0.1, 0.15) is 9.84 Å². The van der Waals surface area contributed by atoms with Crippen LogP contribution in [0.5, 0.6) is 0 Å². The van der Waals surface area contributed by atoms with Crippen LogP contribution in [0.25, 0.3) is 0 Å². The van der Waals surface area contributed by atoms with Gasteiger partial charge in [0.25, 0.3) is 0 Å². The first-order valence-electron chi connectivity index (χ1n) is 7.52. The fraction of sp³-hybridized carbons (Fsp3) is 0.929. The number of hydrogen-bond acceptors (Lipinski definition) is 4. The molecule has 0 aliphatic carbocycles. The molecule has 0 saturated carbocycles. The molecule has 0 unspecified atom stereocenters. The predicted octanol–water partition coefficient (Wildman–Crippen LogP) is 0.745. The number of hydrogen-bond donors (Lipinski definition) is 1. The summed E-state index contributed by atoms with van der Waals surface area (Å²) in [5.74, 6) is 0.992. The highest BCUT2D eigenvalue weighted by atomic mass is 32.2. The van der Waals surface area contributed by atoms with Gasteiger partial charge in [-0.3, -0.25) is 4.99 Å². The number of sulfone groups is 1. The smallest absolute Gasteiger partial charge is 0.194 e. The lowest BCUT2D eigenvalue weighted by molar-refractivity contribution is 0.157. The summed E-state index contributed by atoms with van der Waals surface area (Å²) in [7, 11) is -2.94. The van der Waals surface area contributed by atoms with Crippen molar-refractivity contribution < 1.29 is 13.2 Å². The highest BCUT2D eigenvalue weighted by molar-refractivity contribution is 7.90. The lowest BCUT2D eigenvalue weighted by Gasteiger charge is -2.23. The van der Waals surface area contributed by atoms with Crippen LogP contribution in [0.4, 0.5) is 0 Å². The third-order valence-corrected chi connectivity index (χ3v) is 4.32. The van der Waals surface area contributed by atoms with E-state index < -0.39 is 9.84 Å². The molecule has 1 fully saturated rings. The van der Waals surface area contributed by atoms with Crippen molar-refractivity contribution in [3.63, 3.8) is 0 Å². The Morgan fingerprint density at radius 1 is 1.38 bits per heavy atom. The Hall–Kier alpha value is -0.820. The van der Waals surface area contributed by atoms with Gasteiger partial charge in [-0.25, -0.2) is 8.42 Å². The SMILES string of the molecule is CCNC(=NCCOCCS(C)(=O)=O)N1CCC(C)(C)C1. The van der Waals surface area contributed by atoms with Crippen molar-refractivity contribution >= 4 is 15.8 Å². The Kier molecular flexibility index (Phi) is 6.93. The molecule has 0 aromatic rings. The summed E-state index contributed by atoms with van der Waals surface area (Å²) in [6, 6.07) is 0. The highest BCUT2D eigenvalue weighted by Gasteiger charge is 2.30. The van der Waals surface area contributed by atoms with Gasteiger partial charge in [-0.15, -0.1) is 0 Å². The molecule has 0 aromatic carbocycles. The maximum Gasteiger partial charge on any atom is 0.194 e. The zero-order valence-corrected chi connectivity index (χ0v) is 14.5. The average molecular weight is 319 g/mol. The van der Waals surface area contributed by atoms with Gasteiger partial charge < -0.3 is 15.0 Å². The molecule has 1 aliphatic heterocycles. The molecule has 0 amide bonds. The number of guanidine groups is 1. The van der Waals surface area contributed by atoms with Gasteiger partial charge in [0.05, 0.1) is 25.5 Å². The molecule has 6 nitrogen and oxygen atoms in total. The van der Waals surface area contributed by atoms with E-state index in [1.165, 1.54) is 12.7 Å². The minimum absolute atomic E-state index is 0.0666. The molecular formula is C14H29N3O3S. The Morgan fingerprint density at radius 3 is 2.62 bits per heavy atom. The van der Waals surface area contributed by atoms with Gasteiger partial charge in [-0.2, -0.15) is 0 Å². The topological polar surface area (TPSA) is 71.0 Å². The van der Waals surface area contributed by atoms with E-state index in [1.54, 1.807) is 0 Å². The molecule has 1 N–H and O–H groups in total. The molecule has 1 aliphatic rings. The van der Waals surface area contributed by atoms with Crippen molar-refractivity contribution in [3.8, 4) is 0 Å². The van der Waals surface area contributed by atoms with E-state index in [0.29, 0.717) is 18.6 Å². The fourth-order valence-electron chi connectivity index (χ4n) is 2.25. The maximum atomic E-state index is 11.0. The van der Waals surface area contributed by atoms with E-state index >= 15 is 0 Å². The zero-order valence-electron chi connectivity index (χ0n) is 13.7. The van der Waals surface area contributed by atoms with Gasteiger partial charge >= 0.3 is 0 Å². The second kappa shape index (κ2) is 7.98. The van der Waals surface area contributed by atoms with Gasteiger partial charge in [0.15, 0.2) is 5.96 Å². The van der Waals surface area contributed by atoms with E-state index in [4.69, 9.17) is 4.74 Å². The number of nitrogens with zero attached hydrogens (tertiary/aromatic N) is 2. The maximum absolute atomic E-state index is 11.0. The third kappa shape index (κ3) is 7.66. The Balaban J connectivity index is 2.36. The molecule has 0 spiro atoms. The number of rotatable bonds is 7. The summed E-state index contributed by atoms with van der Waals surface area (Å²) >= 11 is 0. The van der Waals surface area contributed by atoms with E-state index in [1.807, 2.05) is 0 Å². The molecule has 1 saturated heterocycles. The van der Waals surface area contributed by atoms with E-state index in [9.17, 15) is 8.42 Å². The van der Waals surface area contributed by atoms with Gasteiger partial charge in [-0.1, -0.05) is 13.8 Å². The number of ether oxygens (including phenoxy) is 1. The van der Waals surface area contributed by atoms with Crippen LogP contribution < -0.4 is 5.32 Å². The summed E-state index contributed by atoms with van der Waals surface area (Å²) in [5, 5.41) is 3.30. The zero-order chi connectivity index (χ0) is 15.9. The first-order chi connectivity index (χ1) is 9.73. The molecule has 0 radical (unpaired) electrons. The van der Waals surface area contributed by atoms with Crippen molar-refractivity contribution in [1.29, 1.82) is 0 Å². The van der Waals surface area contributed by atoms with Crippen LogP contribution in [0.1, 0.15) is 27.2 Å². The second-order valence-corrected chi connectivity index (χ2v) is 8.57. The Morgan fingerprint density at radius 2 is 2.10 bits per heavy atom. The first-order valence-corrected chi connectivity index (χ1v) is 9.58. The van der Waals surface area contributed by atoms with E-state index in [-0.39, 0.29) is 12.4 Å². The molecule has 21 heavy (non-hydrogen) atoms. The first kappa shape index (κ1) is 18.2. The molecule has 1 rings (SSSR count). The van der Waals surface area contributed by atoms with Crippen LogP contribution in [0.15, 0.2) is 4.99 Å². The molecule has 0 atom stereocenters. The largest absolute Gasteiger partial charge is 0.378 e. The van der Waals surface area contributed by atoms with Crippen molar-refractivity contribution in [2.24, 2.45) is 10.4 Å². The number of likely N-dealkylation sites (tertiary alicyclic amines) is 1.